The first kappa shape index (κ1) is 9.79. The summed E-state index contributed by atoms with van der Waals surface area (Å²) in [6.45, 7) is 0.357. The van der Waals surface area contributed by atoms with Gasteiger partial charge in [0.25, 0.3) is 0 Å². The normalized spacial score (nSPS) is 14.5. The van der Waals surface area contributed by atoms with Crippen LogP contribution in [0.1, 0.15) is 11.5 Å². The third-order valence-electron chi connectivity index (χ3n) is 2.03. The van der Waals surface area contributed by atoms with Gasteiger partial charge in [0.1, 0.15) is 6.10 Å². The van der Waals surface area contributed by atoms with Crippen molar-refractivity contribution in [2.45, 2.75) is 12.0 Å². The minimum absolute atomic E-state index is 0.161. The number of aliphatic hydroxyl groups excluding tert-OH is 1. The van der Waals surface area contributed by atoms with Gasteiger partial charge in [-0.25, -0.2) is 0 Å². The third kappa shape index (κ3) is 2.32. The minimum Gasteiger partial charge on any atom is -0.380 e. The molecule has 2 heteroatoms. The first-order valence-corrected chi connectivity index (χ1v) is 4.18. The maximum Gasteiger partial charge on any atom is 0.122 e. The molecule has 3 N–H and O–H groups in total. The smallest absolute Gasteiger partial charge is 0.122 e. The Morgan fingerprint density at radius 3 is 2.46 bits per heavy atom. The molecule has 0 aromatic heterocycles. The Morgan fingerprint density at radius 1 is 1.38 bits per heavy atom. The van der Waals surface area contributed by atoms with Gasteiger partial charge in [-0.3, -0.25) is 0 Å². The van der Waals surface area contributed by atoms with Gasteiger partial charge in [0.05, 0.1) is 0 Å². The molecule has 1 aromatic rings. The Hall–Kier alpha value is -1.30. The fourth-order valence-corrected chi connectivity index (χ4v) is 1.26. The highest BCUT2D eigenvalue weighted by Crippen LogP contribution is 2.17. The van der Waals surface area contributed by atoms with Crippen LogP contribution in [0, 0.1) is 12.3 Å². The topological polar surface area (TPSA) is 46.2 Å². The molecule has 0 fully saturated rings. The molecule has 0 amide bonds. The van der Waals surface area contributed by atoms with Crippen LogP contribution in [-0.2, 0) is 0 Å². The van der Waals surface area contributed by atoms with Crippen molar-refractivity contribution in [3.63, 3.8) is 0 Å². The lowest BCUT2D eigenvalue weighted by molar-refractivity contribution is 0.202. The van der Waals surface area contributed by atoms with E-state index >= 15 is 0 Å². The summed E-state index contributed by atoms with van der Waals surface area (Å²) in [7, 11) is 0. The van der Waals surface area contributed by atoms with E-state index in [1.165, 1.54) is 0 Å². The van der Waals surface area contributed by atoms with Crippen LogP contribution in [-0.4, -0.2) is 17.8 Å². The zero-order valence-corrected chi connectivity index (χ0v) is 7.35. The molecular formula is C11H13NO. The average molecular weight is 175 g/mol. The van der Waals surface area contributed by atoms with Crippen molar-refractivity contribution in [1.29, 1.82) is 0 Å². The van der Waals surface area contributed by atoms with Crippen LogP contribution in [0.25, 0.3) is 0 Å². The van der Waals surface area contributed by atoms with Gasteiger partial charge >= 0.3 is 0 Å². The maximum atomic E-state index is 9.46. The lowest BCUT2D eigenvalue weighted by Crippen LogP contribution is -2.24. The summed E-state index contributed by atoms with van der Waals surface area (Å²) in [6, 6.07) is 9.55. The molecule has 0 bridgehead atoms. The second-order valence-corrected chi connectivity index (χ2v) is 2.86. The molecule has 0 radical (unpaired) electrons. The summed E-state index contributed by atoms with van der Waals surface area (Å²) in [5, 5.41) is 9.46. The van der Waals surface area contributed by atoms with Crippen molar-refractivity contribution in [2.75, 3.05) is 6.54 Å². The molecule has 2 unspecified atom stereocenters. The molecule has 1 aromatic carbocycles. The quantitative estimate of drug-likeness (QED) is 0.665. The Kier molecular flexibility index (Phi) is 3.51. The molecular weight excluding hydrogens is 162 g/mol. The number of benzene rings is 1. The molecule has 68 valence electrons. The molecule has 0 aliphatic rings. The van der Waals surface area contributed by atoms with Gasteiger partial charge in [0.2, 0.25) is 0 Å². The third-order valence-corrected chi connectivity index (χ3v) is 2.03. The summed E-state index contributed by atoms with van der Waals surface area (Å²) < 4.78 is 0. The van der Waals surface area contributed by atoms with E-state index in [9.17, 15) is 5.11 Å². The molecule has 13 heavy (non-hydrogen) atoms. The monoisotopic (exact) mass is 175 g/mol. The fourth-order valence-electron chi connectivity index (χ4n) is 1.26. The van der Waals surface area contributed by atoms with Crippen molar-refractivity contribution in [3.8, 4) is 12.3 Å². The summed E-state index contributed by atoms with van der Waals surface area (Å²) in [4.78, 5) is 0. The Morgan fingerprint density at radius 2 is 2.00 bits per heavy atom. The van der Waals surface area contributed by atoms with Crippen molar-refractivity contribution in [3.05, 3.63) is 35.9 Å². The van der Waals surface area contributed by atoms with Crippen LogP contribution in [0.15, 0.2) is 30.3 Å². The molecule has 2 nitrogen and oxygen atoms in total. The van der Waals surface area contributed by atoms with E-state index in [1.54, 1.807) is 0 Å². The molecule has 0 saturated carbocycles. The van der Waals surface area contributed by atoms with Crippen LogP contribution in [0.5, 0.6) is 0 Å². The van der Waals surface area contributed by atoms with Gasteiger partial charge in [0.15, 0.2) is 0 Å². The molecule has 1 rings (SSSR count). The predicted molar refractivity (Wildman–Crippen MR) is 53.1 cm³/mol. The minimum atomic E-state index is -0.799. The second-order valence-electron chi connectivity index (χ2n) is 2.86. The van der Waals surface area contributed by atoms with Crippen LogP contribution in [0.3, 0.4) is 0 Å². The van der Waals surface area contributed by atoms with E-state index in [4.69, 9.17) is 12.2 Å². The molecule has 0 aliphatic heterocycles. The zero-order valence-electron chi connectivity index (χ0n) is 7.35. The molecule has 0 heterocycles. The van der Waals surface area contributed by atoms with Crippen molar-refractivity contribution in [2.24, 2.45) is 5.73 Å². The Labute approximate surface area is 78.4 Å². The van der Waals surface area contributed by atoms with E-state index in [0.29, 0.717) is 6.54 Å². The fraction of sp³-hybridized carbons (Fsp3) is 0.273. The number of nitrogens with two attached hydrogens (primary N) is 1. The number of hydrogen-bond acceptors (Lipinski definition) is 2. The Bertz CT molecular complexity index is 289. The molecule has 0 saturated heterocycles. The predicted octanol–water partition coefficient (Wildman–Crippen LogP) is 0.723. The number of hydrogen-bond donors (Lipinski definition) is 2. The number of aliphatic hydroxyl groups is 1. The van der Waals surface area contributed by atoms with Crippen LogP contribution in [0.2, 0.25) is 0 Å². The van der Waals surface area contributed by atoms with Gasteiger partial charge in [-0.1, -0.05) is 36.3 Å². The van der Waals surface area contributed by atoms with Gasteiger partial charge < -0.3 is 10.8 Å². The van der Waals surface area contributed by atoms with Crippen LogP contribution in [0.4, 0.5) is 0 Å². The highest BCUT2D eigenvalue weighted by Gasteiger charge is 2.16. The van der Waals surface area contributed by atoms with Crippen molar-refractivity contribution in [1.82, 2.24) is 0 Å². The summed E-state index contributed by atoms with van der Waals surface area (Å²) in [5.74, 6) is 2.13. The van der Waals surface area contributed by atoms with Gasteiger partial charge in [-0.2, -0.15) is 0 Å². The molecule has 0 aliphatic carbocycles. The van der Waals surface area contributed by atoms with E-state index in [0.717, 1.165) is 5.56 Å². The van der Waals surface area contributed by atoms with E-state index in [-0.39, 0.29) is 5.92 Å². The summed E-state index contributed by atoms with van der Waals surface area (Å²) >= 11 is 0. The van der Waals surface area contributed by atoms with E-state index in [1.807, 2.05) is 30.3 Å². The van der Waals surface area contributed by atoms with Gasteiger partial charge in [-0.15, -0.1) is 6.42 Å². The van der Waals surface area contributed by atoms with E-state index < -0.39 is 6.10 Å². The Balaban J connectivity index is 2.86. The van der Waals surface area contributed by atoms with Crippen LogP contribution < -0.4 is 5.73 Å². The highest BCUT2D eigenvalue weighted by molar-refractivity contribution is 5.23. The zero-order chi connectivity index (χ0) is 9.68. The SMILES string of the molecule is C#CC(O)C(CN)c1ccccc1. The summed E-state index contributed by atoms with van der Waals surface area (Å²) in [6.07, 6.45) is 4.33. The molecule has 0 spiro atoms. The van der Waals surface area contributed by atoms with E-state index in [2.05, 4.69) is 5.92 Å². The van der Waals surface area contributed by atoms with Gasteiger partial charge in [0, 0.05) is 12.5 Å². The number of terminal acetylenes is 1. The number of rotatable bonds is 3. The van der Waals surface area contributed by atoms with Crippen LogP contribution >= 0.6 is 0 Å². The standard InChI is InChI=1S/C11H13NO/c1-2-11(13)10(8-12)9-6-4-3-5-7-9/h1,3-7,10-11,13H,8,12H2. The largest absolute Gasteiger partial charge is 0.380 e. The van der Waals surface area contributed by atoms with Crippen molar-refractivity contribution < 1.29 is 5.11 Å². The first-order valence-electron chi connectivity index (χ1n) is 4.18. The lowest BCUT2D eigenvalue weighted by atomic mass is 9.94. The van der Waals surface area contributed by atoms with Crippen molar-refractivity contribution >= 4 is 0 Å². The first-order chi connectivity index (χ1) is 6.29. The second kappa shape index (κ2) is 4.66. The summed E-state index contributed by atoms with van der Waals surface area (Å²) in [5.41, 5.74) is 6.51. The highest BCUT2D eigenvalue weighted by atomic mass is 16.3. The maximum absolute atomic E-state index is 9.46. The average Bonchev–Trinajstić information content (AvgIpc) is 2.20. The lowest BCUT2D eigenvalue weighted by Gasteiger charge is -2.16. The molecule has 2 atom stereocenters. The van der Waals surface area contributed by atoms with Gasteiger partial charge in [-0.05, 0) is 5.56 Å².